The highest BCUT2D eigenvalue weighted by Gasteiger charge is 2.24. The lowest BCUT2D eigenvalue weighted by atomic mass is 9.92. The van der Waals surface area contributed by atoms with E-state index in [1.54, 1.807) is 48.8 Å². The van der Waals surface area contributed by atoms with Gasteiger partial charge in [-0.3, -0.25) is 0 Å². The summed E-state index contributed by atoms with van der Waals surface area (Å²) in [5.41, 5.74) is 7.78. The molecule has 0 amide bonds. The Kier molecular flexibility index (Phi) is 7.14. The highest BCUT2D eigenvalue weighted by atomic mass is 35.5. The molecule has 1 aliphatic carbocycles. The van der Waals surface area contributed by atoms with E-state index in [2.05, 4.69) is 15.3 Å². The van der Waals surface area contributed by atoms with E-state index in [1.807, 2.05) is 18.2 Å². The molecule has 2 aromatic heterocycles. The summed E-state index contributed by atoms with van der Waals surface area (Å²) in [5.74, 6) is 0.455. The number of nitrogens with zero attached hydrogens (tertiary/aromatic N) is 3. The quantitative estimate of drug-likeness (QED) is 0.382. The van der Waals surface area contributed by atoms with Crippen molar-refractivity contribution in [3.63, 3.8) is 0 Å². The maximum atomic E-state index is 13.4. The van der Waals surface area contributed by atoms with Crippen molar-refractivity contribution in [1.82, 2.24) is 13.9 Å². The second-order valence-electron chi connectivity index (χ2n) is 8.33. The fourth-order valence-corrected chi connectivity index (χ4v) is 5.99. The molecule has 1 saturated carbocycles. The van der Waals surface area contributed by atoms with Gasteiger partial charge in [-0.15, -0.1) is 12.4 Å². The number of aromatic nitrogens is 3. The van der Waals surface area contributed by atoms with Gasteiger partial charge in [-0.05, 0) is 43.9 Å². The average Bonchev–Trinajstić information content (AvgIpc) is 3.21. The van der Waals surface area contributed by atoms with Gasteiger partial charge in [-0.1, -0.05) is 48.0 Å². The topological polar surface area (TPSA) is 103 Å². The molecule has 34 heavy (non-hydrogen) atoms. The van der Waals surface area contributed by atoms with Crippen molar-refractivity contribution in [2.45, 2.75) is 42.7 Å². The number of para-hydroxylation sites is 1. The van der Waals surface area contributed by atoms with Crippen LogP contribution in [0.25, 0.3) is 22.2 Å². The van der Waals surface area contributed by atoms with Gasteiger partial charge in [0.15, 0.2) is 0 Å². The first-order chi connectivity index (χ1) is 15.9. The smallest absolute Gasteiger partial charge is 0.268 e. The van der Waals surface area contributed by atoms with E-state index in [4.69, 9.17) is 17.3 Å². The molecule has 0 spiro atoms. The van der Waals surface area contributed by atoms with E-state index < -0.39 is 10.0 Å². The number of fused-ring (bicyclic) bond motifs is 1. The molecule has 0 bridgehead atoms. The molecule has 10 heteroatoms. The molecule has 0 radical (unpaired) electrons. The molecule has 2 aromatic carbocycles. The number of benzene rings is 2. The molecule has 3 N–H and O–H groups in total. The largest absolute Gasteiger partial charge is 0.351 e. The molecule has 2 unspecified atom stereocenters. The Balaban J connectivity index is 0.00000274. The third-order valence-electron chi connectivity index (χ3n) is 6.03. The molecule has 4 aromatic rings. The summed E-state index contributed by atoms with van der Waals surface area (Å²) in [7, 11) is -3.80. The number of hydrogen-bond donors (Lipinski definition) is 2. The van der Waals surface area contributed by atoms with Crippen LogP contribution in [0.15, 0.2) is 71.9 Å². The summed E-state index contributed by atoms with van der Waals surface area (Å²) >= 11 is 6.51. The number of rotatable bonds is 5. The number of anilines is 1. The Labute approximate surface area is 209 Å². The number of nitrogens with two attached hydrogens (primary N) is 1. The van der Waals surface area contributed by atoms with Crippen molar-refractivity contribution >= 4 is 50.9 Å². The van der Waals surface area contributed by atoms with Crippen LogP contribution >= 0.6 is 24.0 Å². The van der Waals surface area contributed by atoms with Crippen molar-refractivity contribution in [2.24, 2.45) is 5.73 Å². The van der Waals surface area contributed by atoms with Crippen molar-refractivity contribution in [3.8, 4) is 11.3 Å². The maximum absolute atomic E-state index is 13.4. The molecular formula is C24H25Cl2N5O2S. The lowest BCUT2D eigenvalue weighted by Gasteiger charge is -2.27. The van der Waals surface area contributed by atoms with Crippen LogP contribution in [0, 0.1) is 0 Å². The van der Waals surface area contributed by atoms with Crippen LogP contribution in [0.3, 0.4) is 0 Å². The molecule has 0 saturated heterocycles. The Morgan fingerprint density at radius 2 is 1.79 bits per heavy atom. The lowest BCUT2D eigenvalue weighted by Crippen LogP contribution is -2.35. The summed E-state index contributed by atoms with van der Waals surface area (Å²) in [6, 6.07) is 16.0. The number of hydrogen-bond acceptors (Lipinski definition) is 6. The van der Waals surface area contributed by atoms with Gasteiger partial charge >= 0.3 is 0 Å². The van der Waals surface area contributed by atoms with E-state index in [1.165, 1.54) is 3.97 Å². The molecule has 178 valence electrons. The SMILES string of the molecule is Cl.NC1CCCC(Nc2ncc(Cl)c(-c3cn(S(=O)(=O)c4ccccc4)c4ccccc34)n2)C1. The highest BCUT2D eigenvalue weighted by Crippen LogP contribution is 2.36. The first-order valence-corrected chi connectivity index (χ1v) is 12.7. The van der Waals surface area contributed by atoms with Crippen molar-refractivity contribution in [3.05, 3.63) is 72.0 Å². The fourth-order valence-electron chi connectivity index (χ4n) is 4.41. The third-order valence-corrected chi connectivity index (χ3v) is 7.99. The van der Waals surface area contributed by atoms with E-state index in [9.17, 15) is 8.42 Å². The zero-order valence-corrected chi connectivity index (χ0v) is 20.7. The zero-order chi connectivity index (χ0) is 23.0. The van der Waals surface area contributed by atoms with Crippen molar-refractivity contribution < 1.29 is 8.42 Å². The summed E-state index contributed by atoms with van der Waals surface area (Å²) in [5, 5.41) is 4.46. The third kappa shape index (κ3) is 4.63. The fraction of sp³-hybridized carbons (Fsp3) is 0.250. The second kappa shape index (κ2) is 9.92. The maximum Gasteiger partial charge on any atom is 0.268 e. The minimum Gasteiger partial charge on any atom is -0.351 e. The van der Waals surface area contributed by atoms with Crippen LogP contribution in [-0.2, 0) is 10.0 Å². The van der Waals surface area contributed by atoms with Crippen LogP contribution < -0.4 is 11.1 Å². The molecule has 2 atom stereocenters. The molecule has 1 fully saturated rings. The van der Waals surface area contributed by atoms with Crippen molar-refractivity contribution in [1.29, 1.82) is 0 Å². The van der Waals surface area contributed by atoms with Gasteiger partial charge in [-0.25, -0.2) is 22.4 Å². The van der Waals surface area contributed by atoms with Crippen LogP contribution in [0.5, 0.6) is 0 Å². The Hall–Kier alpha value is -2.65. The van der Waals surface area contributed by atoms with E-state index >= 15 is 0 Å². The van der Waals surface area contributed by atoms with Crippen molar-refractivity contribution in [2.75, 3.05) is 5.32 Å². The van der Waals surface area contributed by atoms with Gasteiger partial charge in [0.1, 0.15) is 0 Å². The lowest BCUT2D eigenvalue weighted by molar-refractivity contribution is 0.408. The normalized spacial score (nSPS) is 18.4. The molecule has 5 rings (SSSR count). The second-order valence-corrected chi connectivity index (χ2v) is 10.6. The zero-order valence-electron chi connectivity index (χ0n) is 18.3. The molecule has 2 heterocycles. The van der Waals surface area contributed by atoms with Gasteiger partial charge in [0.2, 0.25) is 5.95 Å². The molecule has 1 aliphatic rings. The van der Waals surface area contributed by atoms with E-state index in [-0.39, 0.29) is 29.4 Å². The minimum absolute atomic E-state index is 0. The predicted octanol–water partition coefficient (Wildman–Crippen LogP) is 5.09. The molecule has 0 aliphatic heterocycles. The Bertz CT molecular complexity index is 1410. The van der Waals surface area contributed by atoms with Crippen LogP contribution in [0.4, 0.5) is 5.95 Å². The predicted molar refractivity (Wildman–Crippen MR) is 138 cm³/mol. The van der Waals surface area contributed by atoms with Gasteiger partial charge in [0.25, 0.3) is 10.0 Å². The first-order valence-electron chi connectivity index (χ1n) is 10.9. The monoisotopic (exact) mass is 517 g/mol. The summed E-state index contributed by atoms with van der Waals surface area (Å²) in [6.45, 7) is 0. The first kappa shape index (κ1) is 24.5. The molecular weight excluding hydrogens is 493 g/mol. The standard InChI is InChI=1S/C24H24ClN5O2S.ClH/c25-21-14-27-24(28-17-8-6-7-16(26)13-17)29-23(21)20-15-30(22-12-5-4-11-19(20)22)33(31,32)18-9-2-1-3-10-18;/h1-5,9-12,14-17H,6-8,13,26H2,(H,27,28,29);1H. The minimum atomic E-state index is -3.80. The highest BCUT2D eigenvalue weighted by molar-refractivity contribution is 7.90. The van der Waals surface area contributed by atoms with Crippen LogP contribution in [-0.4, -0.2) is 34.4 Å². The summed E-state index contributed by atoms with van der Waals surface area (Å²) < 4.78 is 28.1. The van der Waals surface area contributed by atoms with Gasteiger partial charge in [0.05, 0.1) is 27.3 Å². The average molecular weight is 518 g/mol. The Morgan fingerprint density at radius 1 is 1.06 bits per heavy atom. The van der Waals surface area contributed by atoms with Gasteiger partial charge in [0, 0.05) is 29.2 Å². The summed E-state index contributed by atoms with van der Waals surface area (Å²) in [6.07, 6.45) is 7.08. The van der Waals surface area contributed by atoms with E-state index in [0.717, 1.165) is 31.1 Å². The van der Waals surface area contributed by atoms with E-state index in [0.29, 0.717) is 27.7 Å². The van der Waals surface area contributed by atoms with Crippen LogP contribution in [0.2, 0.25) is 5.02 Å². The molecule has 7 nitrogen and oxygen atoms in total. The Morgan fingerprint density at radius 3 is 2.56 bits per heavy atom. The van der Waals surface area contributed by atoms with Crippen LogP contribution in [0.1, 0.15) is 25.7 Å². The van der Waals surface area contributed by atoms with Gasteiger partial charge in [-0.2, -0.15) is 0 Å². The summed E-state index contributed by atoms with van der Waals surface area (Å²) in [4.78, 5) is 9.23. The number of halogens is 2. The van der Waals surface area contributed by atoms with Gasteiger partial charge < -0.3 is 11.1 Å². The number of nitrogens with one attached hydrogen (secondary N) is 1.